The van der Waals surface area contributed by atoms with E-state index >= 15 is 0 Å². The van der Waals surface area contributed by atoms with Crippen LogP contribution in [-0.2, 0) is 10.0 Å². The number of amides is 1. The molecule has 3 N–H and O–H groups in total. The summed E-state index contributed by atoms with van der Waals surface area (Å²) in [7, 11) is -3.79. The van der Waals surface area contributed by atoms with Crippen molar-refractivity contribution in [3.8, 4) is 5.69 Å². The molecule has 0 atom stereocenters. The first-order valence-electron chi connectivity index (χ1n) is 6.59. The van der Waals surface area contributed by atoms with Gasteiger partial charge in [-0.05, 0) is 36.4 Å². The summed E-state index contributed by atoms with van der Waals surface area (Å²) in [5, 5.41) is 9.25. The van der Waals surface area contributed by atoms with E-state index in [-0.39, 0.29) is 15.7 Å². The highest BCUT2D eigenvalue weighted by Gasteiger charge is 2.15. The second kappa shape index (κ2) is 5.99. The standard InChI is InChI=1S/C15H13N3O3S2/c16-23(20,21)14-8-11(10-22-14)15(19)17-12-4-3-5-13(9-12)18-6-1-2-7-18/h1-10H,(H,17,19)(H2,16,20,21). The molecule has 0 bridgehead atoms. The Morgan fingerprint density at radius 2 is 1.87 bits per heavy atom. The molecule has 0 aliphatic rings. The summed E-state index contributed by atoms with van der Waals surface area (Å²) in [6, 6.07) is 12.4. The van der Waals surface area contributed by atoms with Crippen molar-refractivity contribution in [3.63, 3.8) is 0 Å². The number of thiophene rings is 1. The van der Waals surface area contributed by atoms with E-state index in [4.69, 9.17) is 5.14 Å². The number of nitrogens with two attached hydrogens (primary N) is 1. The molecule has 2 aromatic heterocycles. The fourth-order valence-corrected chi connectivity index (χ4v) is 3.62. The molecule has 0 aliphatic heterocycles. The SMILES string of the molecule is NS(=O)(=O)c1cc(C(=O)Nc2cccc(-n3cccc3)c2)cs1. The number of nitrogens with zero attached hydrogens (tertiary/aromatic N) is 1. The fourth-order valence-electron chi connectivity index (χ4n) is 2.04. The lowest BCUT2D eigenvalue weighted by Gasteiger charge is -2.07. The zero-order valence-electron chi connectivity index (χ0n) is 11.8. The van der Waals surface area contributed by atoms with Crippen LogP contribution in [0.2, 0.25) is 0 Å². The zero-order chi connectivity index (χ0) is 16.4. The van der Waals surface area contributed by atoms with Gasteiger partial charge in [-0.15, -0.1) is 11.3 Å². The highest BCUT2D eigenvalue weighted by molar-refractivity contribution is 7.91. The molecule has 3 aromatic rings. The Hall–Kier alpha value is -2.42. The number of hydrogen-bond acceptors (Lipinski definition) is 4. The monoisotopic (exact) mass is 347 g/mol. The second-order valence-electron chi connectivity index (χ2n) is 4.79. The van der Waals surface area contributed by atoms with Crippen LogP contribution in [-0.4, -0.2) is 18.9 Å². The quantitative estimate of drug-likeness (QED) is 0.759. The van der Waals surface area contributed by atoms with Crippen molar-refractivity contribution in [2.45, 2.75) is 4.21 Å². The highest BCUT2D eigenvalue weighted by Crippen LogP contribution is 2.21. The molecule has 3 rings (SSSR count). The van der Waals surface area contributed by atoms with Crippen molar-refractivity contribution in [3.05, 3.63) is 65.8 Å². The van der Waals surface area contributed by atoms with Crippen LogP contribution in [0.3, 0.4) is 0 Å². The van der Waals surface area contributed by atoms with Crippen LogP contribution in [0.25, 0.3) is 5.69 Å². The van der Waals surface area contributed by atoms with E-state index in [1.165, 1.54) is 11.4 Å². The molecule has 8 heteroatoms. The number of nitrogens with one attached hydrogen (secondary N) is 1. The predicted octanol–water partition coefficient (Wildman–Crippen LogP) is 2.44. The molecule has 0 radical (unpaired) electrons. The summed E-state index contributed by atoms with van der Waals surface area (Å²) in [6.07, 6.45) is 3.80. The molecule has 1 aromatic carbocycles. The van der Waals surface area contributed by atoms with Crippen LogP contribution >= 0.6 is 11.3 Å². The Labute approximate surface area is 137 Å². The fraction of sp³-hybridized carbons (Fsp3) is 0. The van der Waals surface area contributed by atoms with Crippen LogP contribution in [0.4, 0.5) is 5.69 Å². The van der Waals surface area contributed by atoms with Gasteiger partial charge in [-0.25, -0.2) is 13.6 Å². The number of aromatic nitrogens is 1. The third-order valence-electron chi connectivity index (χ3n) is 3.12. The van der Waals surface area contributed by atoms with Gasteiger partial charge in [0.1, 0.15) is 4.21 Å². The van der Waals surface area contributed by atoms with Gasteiger partial charge >= 0.3 is 0 Å². The normalized spacial score (nSPS) is 11.3. The first kappa shape index (κ1) is 15.5. The van der Waals surface area contributed by atoms with Gasteiger partial charge < -0.3 is 9.88 Å². The molecule has 1 amide bonds. The maximum Gasteiger partial charge on any atom is 0.256 e. The average molecular weight is 347 g/mol. The molecule has 23 heavy (non-hydrogen) atoms. The van der Waals surface area contributed by atoms with Crippen LogP contribution in [0.15, 0.2) is 64.4 Å². The topological polar surface area (TPSA) is 94.2 Å². The first-order valence-corrected chi connectivity index (χ1v) is 9.02. The number of carbonyl (C=O) groups is 1. The van der Waals surface area contributed by atoms with Crippen LogP contribution in [0.5, 0.6) is 0 Å². The van der Waals surface area contributed by atoms with E-state index in [2.05, 4.69) is 5.32 Å². The summed E-state index contributed by atoms with van der Waals surface area (Å²) in [6.45, 7) is 0. The molecule has 118 valence electrons. The Morgan fingerprint density at radius 3 is 2.52 bits per heavy atom. The maximum atomic E-state index is 12.2. The average Bonchev–Trinajstić information content (AvgIpc) is 3.19. The zero-order valence-corrected chi connectivity index (χ0v) is 13.5. The number of benzene rings is 1. The highest BCUT2D eigenvalue weighted by atomic mass is 32.2. The summed E-state index contributed by atoms with van der Waals surface area (Å²) in [5.74, 6) is -0.388. The lowest BCUT2D eigenvalue weighted by molar-refractivity contribution is 0.102. The van der Waals surface area contributed by atoms with Gasteiger partial charge in [0, 0.05) is 29.1 Å². The summed E-state index contributed by atoms with van der Waals surface area (Å²) < 4.78 is 24.4. The van der Waals surface area contributed by atoms with E-state index < -0.39 is 10.0 Å². The van der Waals surface area contributed by atoms with Crippen LogP contribution in [0, 0.1) is 0 Å². The molecule has 6 nitrogen and oxygen atoms in total. The molecule has 0 aliphatic carbocycles. The summed E-state index contributed by atoms with van der Waals surface area (Å²) in [4.78, 5) is 12.2. The maximum absolute atomic E-state index is 12.2. The van der Waals surface area contributed by atoms with Crippen molar-refractivity contribution in [1.29, 1.82) is 0 Å². The Bertz CT molecular complexity index is 944. The third kappa shape index (κ3) is 3.50. The Kier molecular flexibility index (Phi) is 4.03. The molecule has 0 fully saturated rings. The largest absolute Gasteiger partial charge is 0.324 e. The minimum atomic E-state index is -3.79. The third-order valence-corrected chi connectivity index (χ3v) is 5.51. The molecule has 0 spiro atoms. The molecular weight excluding hydrogens is 334 g/mol. The van der Waals surface area contributed by atoms with Gasteiger partial charge in [0.15, 0.2) is 0 Å². The Balaban J connectivity index is 1.81. The number of hydrogen-bond donors (Lipinski definition) is 2. The molecule has 2 heterocycles. The van der Waals surface area contributed by atoms with Crippen LogP contribution < -0.4 is 10.5 Å². The van der Waals surface area contributed by atoms with E-state index in [0.29, 0.717) is 5.69 Å². The minimum absolute atomic E-state index is 0.0382. The molecule has 0 saturated carbocycles. The van der Waals surface area contributed by atoms with Crippen molar-refractivity contribution in [2.75, 3.05) is 5.32 Å². The first-order chi connectivity index (χ1) is 10.9. The smallest absolute Gasteiger partial charge is 0.256 e. The second-order valence-corrected chi connectivity index (χ2v) is 7.49. The van der Waals surface area contributed by atoms with Gasteiger partial charge in [-0.2, -0.15) is 0 Å². The molecular formula is C15H13N3O3S2. The number of carbonyl (C=O) groups excluding carboxylic acids is 1. The molecule has 0 saturated heterocycles. The van der Waals surface area contributed by atoms with Crippen molar-refractivity contribution in [2.24, 2.45) is 5.14 Å². The number of rotatable bonds is 4. The van der Waals surface area contributed by atoms with Crippen molar-refractivity contribution < 1.29 is 13.2 Å². The molecule has 0 unspecified atom stereocenters. The van der Waals surface area contributed by atoms with Crippen LogP contribution in [0.1, 0.15) is 10.4 Å². The van der Waals surface area contributed by atoms with Gasteiger partial charge in [0.2, 0.25) is 10.0 Å². The number of sulfonamides is 1. The lowest BCUT2D eigenvalue weighted by atomic mass is 10.2. The van der Waals surface area contributed by atoms with Gasteiger partial charge in [0.25, 0.3) is 5.91 Å². The summed E-state index contributed by atoms with van der Waals surface area (Å²) in [5.41, 5.74) is 1.78. The summed E-state index contributed by atoms with van der Waals surface area (Å²) >= 11 is 0.919. The van der Waals surface area contributed by atoms with Gasteiger partial charge in [0.05, 0.1) is 5.56 Å². The number of anilines is 1. The van der Waals surface area contributed by atoms with E-state index in [1.54, 1.807) is 6.07 Å². The van der Waals surface area contributed by atoms with E-state index in [1.807, 2.05) is 47.3 Å². The van der Waals surface area contributed by atoms with Gasteiger partial charge in [-0.3, -0.25) is 4.79 Å². The van der Waals surface area contributed by atoms with E-state index in [9.17, 15) is 13.2 Å². The van der Waals surface area contributed by atoms with Crippen molar-refractivity contribution in [1.82, 2.24) is 4.57 Å². The Morgan fingerprint density at radius 1 is 1.13 bits per heavy atom. The predicted molar refractivity (Wildman–Crippen MR) is 89.4 cm³/mol. The van der Waals surface area contributed by atoms with Crippen molar-refractivity contribution >= 4 is 33.0 Å². The van der Waals surface area contributed by atoms with E-state index in [0.717, 1.165) is 17.0 Å². The number of primary sulfonamides is 1. The van der Waals surface area contributed by atoms with Gasteiger partial charge in [-0.1, -0.05) is 6.07 Å². The lowest BCUT2D eigenvalue weighted by Crippen LogP contribution is -2.12. The minimum Gasteiger partial charge on any atom is -0.324 e.